The Morgan fingerprint density at radius 3 is 1.46 bits per heavy atom. The molecule has 57 heavy (non-hydrogen) atoms. The van der Waals surface area contributed by atoms with Gasteiger partial charge in [0.15, 0.2) is 5.82 Å². The van der Waals surface area contributed by atoms with Crippen molar-refractivity contribution in [3.63, 3.8) is 0 Å². The number of benzene rings is 8. The van der Waals surface area contributed by atoms with Gasteiger partial charge in [-0.05, 0) is 91.0 Å². The molecule has 0 saturated carbocycles. The van der Waals surface area contributed by atoms with Crippen LogP contribution in [0.3, 0.4) is 0 Å². The van der Waals surface area contributed by atoms with E-state index in [-0.39, 0.29) is 0 Å². The summed E-state index contributed by atoms with van der Waals surface area (Å²) in [5.74, 6) is 0.670. The maximum atomic E-state index is 10.1. The Kier molecular flexibility index (Phi) is 7.45. The standard InChI is InChI=1S/C54H33N3/c55-34-35-23-29-44-46-32-40(28-30-49(46)54(50(44)31-35)47-21-11-9-18-42(47)43-19-10-12-22-48(43)54)41-17-7-8-20-45(41)53-56-51(38-15-5-2-6-16-38)33-52(57-53)39-26-24-37(25-27-39)36-13-3-1-4-14-36/h1-33H. The van der Waals surface area contributed by atoms with Crippen LogP contribution in [0.2, 0.25) is 0 Å². The second-order valence-electron chi connectivity index (χ2n) is 14.8. The first-order valence-electron chi connectivity index (χ1n) is 19.3. The highest BCUT2D eigenvalue weighted by molar-refractivity contribution is 5.97. The number of fused-ring (bicyclic) bond motifs is 10. The average Bonchev–Trinajstić information content (AvgIpc) is 3.76. The lowest BCUT2D eigenvalue weighted by Crippen LogP contribution is -2.25. The summed E-state index contributed by atoms with van der Waals surface area (Å²) >= 11 is 0. The van der Waals surface area contributed by atoms with Gasteiger partial charge in [0.25, 0.3) is 0 Å². The second kappa shape index (κ2) is 13.0. The van der Waals surface area contributed by atoms with Crippen LogP contribution in [0.4, 0.5) is 0 Å². The third-order valence-electron chi connectivity index (χ3n) is 11.8. The lowest BCUT2D eigenvalue weighted by Gasteiger charge is -2.30. The third-order valence-corrected chi connectivity index (χ3v) is 11.8. The minimum absolute atomic E-state index is 0.527. The highest BCUT2D eigenvalue weighted by atomic mass is 14.9. The molecular formula is C54H33N3. The molecule has 0 fully saturated rings. The molecule has 2 aliphatic rings. The first-order valence-corrected chi connectivity index (χ1v) is 19.3. The zero-order valence-electron chi connectivity index (χ0n) is 30.9. The number of rotatable bonds is 5. The molecule has 0 aliphatic heterocycles. The first-order chi connectivity index (χ1) is 28.2. The molecule has 0 saturated heterocycles. The topological polar surface area (TPSA) is 49.6 Å². The van der Waals surface area contributed by atoms with Gasteiger partial charge in [-0.3, -0.25) is 0 Å². The van der Waals surface area contributed by atoms with Crippen LogP contribution in [0.5, 0.6) is 0 Å². The van der Waals surface area contributed by atoms with Gasteiger partial charge in [-0.2, -0.15) is 5.26 Å². The molecule has 9 aromatic rings. The highest BCUT2D eigenvalue weighted by Crippen LogP contribution is 2.63. The predicted octanol–water partition coefficient (Wildman–Crippen LogP) is 13.0. The molecule has 0 bridgehead atoms. The van der Waals surface area contributed by atoms with Crippen molar-refractivity contribution in [1.29, 1.82) is 5.26 Å². The van der Waals surface area contributed by atoms with Crippen molar-refractivity contribution in [1.82, 2.24) is 9.97 Å². The van der Waals surface area contributed by atoms with E-state index < -0.39 is 5.41 Å². The summed E-state index contributed by atoms with van der Waals surface area (Å²) < 4.78 is 0. The second-order valence-corrected chi connectivity index (χ2v) is 14.8. The number of nitriles is 1. The van der Waals surface area contributed by atoms with Crippen LogP contribution < -0.4 is 0 Å². The molecule has 3 heteroatoms. The monoisotopic (exact) mass is 723 g/mol. The van der Waals surface area contributed by atoms with Crippen LogP contribution in [-0.4, -0.2) is 9.97 Å². The Morgan fingerprint density at radius 2 is 0.807 bits per heavy atom. The molecule has 1 aromatic heterocycles. The zero-order valence-corrected chi connectivity index (χ0v) is 30.9. The lowest BCUT2D eigenvalue weighted by molar-refractivity contribution is 0.793. The summed E-state index contributed by atoms with van der Waals surface area (Å²) in [6, 6.07) is 73.0. The molecule has 0 unspecified atom stereocenters. The van der Waals surface area contributed by atoms with Crippen molar-refractivity contribution >= 4 is 0 Å². The average molecular weight is 724 g/mol. The summed E-state index contributed by atoms with van der Waals surface area (Å²) in [6.07, 6.45) is 0. The van der Waals surface area contributed by atoms with Crippen molar-refractivity contribution < 1.29 is 0 Å². The van der Waals surface area contributed by atoms with Crippen molar-refractivity contribution in [2.24, 2.45) is 0 Å². The van der Waals surface area contributed by atoms with Crippen molar-refractivity contribution in [3.05, 3.63) is 228 Å². The Balaban J connectivity index is 1.09. The van der Waals surface area contributed by atoms with Gasteiger partial charge in [-0.15, -0.1) is 0 Å². The third kappa shape index (κ3) is 5.05. The Hall–Kier alpha value is -7.67. The largest absolute Gasteiger partial charge is 0.228 e. The van der Waals surface area contributed by atoms with Gasteiger partial charge in [-0.1, -0.05) is 176 Å². The number of aromatic nitrogens is 2. The van der Waals surface area contributed by atoms with Gasteiger partial charge in [0.05, 0.1) is 28.4 Å². The molecule has 0 radical (unpaired) electrons. The SMILES string of the molecule is N#Cc1ccc2c(c1)C1(c3ccccc3-c3ccccc31)c1ccc(-c3ccccc3-c3nc(-c4ccccc4)cc(-c4ccc(-c5ccccc5)cc4)n3)cc1-2. The predicted molar refractivity (Wildman–Crippen MR) is 230 cm³/mol. The molecule has 264 valence electrons. The van der Waals surface area contributed by atoms with Crippen LogP contribution in [0.1, 0.15) is 27.8 Å². The normalized spacial score (nSPS) is 12.7. The molecule has 0 atom stereocenters. The van der Waals surface area contributed by atoms with Gasteiger partial charge in [0.1, 0.15) is 0 Å². The van der Waals surface area contributed by atoms with Crippen LogP contribution >= 0.6 is 0 Å². The van der Waals surface area contributed by atoms with Crippen LogP contribution in [0.25, 0.3) is 78.4 Å². The molecule has 0 amide bonds. The summed E-state index contributed by atoms with van der Waals surface area (Å²) in [7, 11) is 0. The maximum absolute atomic E-state index is 10.1. The van der Waals surface area contributed by atoms with Crippen LogP contribution in [0, 0.1) is 11.3 Å². The van der Waals surface area contributed by atoms with E-state index in [2.05, 4.69) is 188 Å². The number of hydrogen-bond donors (Lipinski definition) is 0. The first kappa shape index (κ1) is 32.7. The van der Waals surface area contributed by atoms with Gasteiger partial charge in [0, 0.05) is 16.7 Å². The molecule has 11 rings (SSSR count). The molecule has 0 N–H and O–H groups in total. The van der Waals surface area contributed by atoms with Gasteiger partial charge in [0.2, 0.25) is 0 Å². The van der Waals surface area contributed by atoms with E-state index in [0.717, 1.165) is 55.9 Å². The minimum atomic E-state index is -0.527. The fourth-order valence-electron chi connectivity index (χ4n) is 9.25. The zero-order chi connectivity index (χ0) is 37.9. The number of hydrogen-bond acceptors (Lipinski definition) is 3. The van der Waals surface area contributed by atoms with E-state index in [1.165, 1.54) is 38.9 Å². The molecule has 2 aliphatic carbocycles. The Bertz CT molecular complexity index is 3020. The van der Waals surface area contributed by atoms with E-state index >= 15 is 0 Å². The van der Waals surface area contributed by atoms with Gasteiger partial charge >= 0.3 is 0 Å². The molecule has 3 nitrogen and oxygen atoms in total. The Morgan fingerprint density at radius 1 is 0.333 bits per heavy atom. The summed E-state index contributed by atoms with van der Waals surface area (Å²) in [5, 5.41) is 10.1. The fourth-order valence-corrected chi connectivity index (χ4v) is 9.25. The molecular weight excluding hydrogens is 691 g/mol. The van der Waals surface area contributed by atoms with E-state index in [1.807, 2.05) is 18.2 Å². The number of nitrogens with zero attached hydrogens (tertiary/aromatic N) is 3. The van der Waals surface area contributed by atoms with E-state index in [1.54, 1.807) is 0 Å². The van der Waals surface area contributed by atoms with Crippen molar-refractivity contribution in [3.8, 4) is 84.5 Å². The van der Waals surface area contributed by atoms with Crippen LogP contribution in [-0.2, 0) is 5.41 Å². The maximum Gasteiger partial charge on any atom is 0.161 e. The Labute approximate surface area is 331 Å². The smallest absolute Gasteiger partial charge is 0.161 e. The lowest BCUT2D eigenvalue weighted by atomic mass is 9.70. The van der Waals surface area contributed by atoms with Crippen molar-refractivity contribution in [2.45, 2.75) is 5.41 Å². The molecule has 1 heterocycles. The van der Waals surface area contributed by atoms with E-state index in [0.29, 0.717) is 11.4 Å². The van der Waals surface area contributed by atoms with Gasteiger partial charge < -0.3 is 0 Å². The van der Waals surface area contributed by atoms with E-state index in [9.17, 15) is 5.26 Å². The van der Waals surface area contributed by atoms with Crippen LogP contribution in [0.15, 0.2) is 200 Å². The highest BCUT2D eigenvalue weighted by Gasteiger charge is 2.51. The van der Waals surface area contributed by atoms with Gasteiger partial charge in [-0.25, -0.2) is 9.97 Å². The minimum Gasteiger partial charge on any atom is -0.228 e. The summed E-state index contributed by atoms with van der Waals surface area (Å²) in [6.45, 7) is 0. The van der Waals surface area contributed by atoms with Crippen molar-refractivity contribution in [2.75, 3.05) is 0 Å². The summed E-state index contributed by atoms with van der Waals surface area (Å²) in [4.78, 5) is 10.5. The summed E-state index contributed by atoms with van der Waals surface area (Å²) in [5.41, 5.74) is 19.1. The quantitative estimate of drug-likeness (QED) is 0.178. The fraction of sp³-hybridized carbons (Fsp3) is 0.0185. The molecule has 8 aromatic carbocycles. The molecule has 1 spiro atoms. The van der Waals surface area contributed by atoms with E-state index in [4.69, 9.17) is 9.97 Å².